The maximum atomic E-state index is 12.2. The number of para-hydroxylation sites is 1. The van der Waals surface area contributed by atoms with E-state index in [9.17, 15) is 4.79 Å². The molecule has 0 saturated carbocycles. The molecule has 3 aliphatic heterocycles. The highest BCUT2D eigenvalue weighted by atomic mass is 35.5. The van der Waals surface area contributed by atoms with Crippen LogP contribution in [0.25, 0.3) is 11.0 Å². The number of hydrogen-bond acceptors (Lipinski definition) is 3. The fourth-order valence-electron chi connectivity index (χ4n) is 3.54. The maximum Gasteiger partial charge on any atom is 0.345 e. The number of hydrogen-bond donors (Lipinski definition) is 0. The van der Waals surface area contributed by atoms with Gasteiger partial charge in [-0.25, -0.2) is 4.79 Å². The molecule has 0 unspecified atom stereocenters. The van der Waals surface area contributed by atoms with E-state index in [0.29, 0.717) is 5.58 Å². The van der Waals surface area contributed by atoms with E-state index < -0.39 is 0 Å². The number of benzene rings is 1. The molecule has 0 radical (unpaired) electrons. The summed E-state index contributed by atoms with van der Waals surface area (Å²) >= 11 is 0. The van der Waals surface area contributed by atoms with Gasteiger partial charge in [0.25, 0.3) is 0 Å². The normalized spacial score (nSPS) is 27.5. The summed E-state index contributed by atoms with van der Waals surface area (Å²) in [5.41, 5.74) is 1.35. The van der Waals surface area contributed by atoms with Gasteiger partial charge >= 0.3 is 5.63 Å². The van der Waals surface area contributed by atoms with Gasteiger partial charge in [0.1, 0.15) is 12.1 Å². The smallest absolute Gasteiger partial charge is 0.345 e. The van der Waals surface area contributed by atoms with E-state index in [2.05, 4.69) is 4.90 Å². The Morgan fingerprint density at radius 3 is 2.48 bits per heavy atom. The molecule has 0 amide bonds. The molecule has 4 nitrogen and oxygen atoms in total. The first-order valence-electron chi connectivity index (χ1n) is 7.33. The van der Waals surface area contributed by atoms with Gasteiger partial charge in [-0.05, 0) is 12.1 Å². The topological polar surface area (TPSA) is 33.5 Å². The molecule has 0 N–H and O–H groups in total. The molecule has 0 atom stereocenters. The highest BCUT2D eigenvalue weighted by molar-refractivity contribution is 5.76. The van der Waals surface area contributed by atoms with E-state index >= 15 is 0 Å². The zero-order valence-electron chi connectivity index (χ0n) is 11.9. The minimum atomic E-state index is -0.163. The fourth-order valence-corrected chi connectivity index (χ4v) is 3.54. The van der Waals surface area contributed by atoms with Gasteiger partial charge in [-0.2, -0.15) is 0 Å². The molecule has 2 aromatic rings. The van der Waals surface area contributed by atoms with E-state index in [0.717, 1.165) is 41.6 Å². The fraction of sp³-hybridized carbons (Fsp3) is 0.438. The minimum Gasteiger partial charge on any atom is -1.00 e. The zero-order valence-corrected chi connectivity index (χ0v) is 12.7. The molecule has 3 aliphatic rings. The van der Waals surface area contributed by atoms with Crippen molar-refractivity contribution in [3.8, 4) is 0 Å². The van der Waals surface area contributed by atoms with E-state index in [-0.39, 0.29) is 18.0 Å². The standard InChI is InChI=1S/C16H19N2O2.ClH/c19-16-14(11-13-3-1-2-4-15(13)20-16)12-18-8-5-17(6-9-18)7-10-18;/h1-4,11H,5-10,12H2;1H/q+1;/p-1. The van der Waals surface area contributed by atoms with Gasteiger partial charge in [-0.3, -0.25) is 4.90 Å². The lowest BCUT2D eigenvalue weighted by Crippen LogP contribution is -3.00. The van der Waals surface area contributed by atoms with Gasteiger partial charge in [0.2, 0.25) is 0 Å². The molecule has 0 spiro atoms. The van der Waals surface area contributed by atoms with Crippen LogP contribution in [0.4, 0.5) is 0 Å². The molecule has 112 valence electrons. The first-order chi connectivity index (χ1) is 9.74. The van der Waals surface area contributed by atoms with Crippen molar-refractivity contribution in [2.75, 3.05) is 39.3 Å². The van der Waals surface area contributed by atoms with Crippen LogP contribution in [0.1, 0.15) is 5.56 Å². The van der Waals surface area contributed by atoms with Crippen LogP contribution in [0.3, 0.4) is 0 Å². The Bertz CT molecular complexity index is 691. The van der Waals surface area contributed by atoms with Crippen LogP contribution in [-0.2, 0) is 6.54 Å². The predicted molar refractivity (Wildman–Crippen MR) is 77.5 cm³/mol. The van der Waals surface area contributed by atoms with Gasteiger partial charge in [-0.1, -0.05) is 18.2 Å². The molecular weight excluding hydrogens is 288 g/mol. The second kappa shape index (κ2) is 5.44. The van der Waals surface area contributed by atoms with Crippen LogP contribution >= 0.6 is 0 Å². The van der Waals surface area contributed by atoms with Crippen molar-refractivity contribution in [1.29, 1.82) is 0 Å². The lowest BCUT2D eigenvalue weighted by atomic mass is 10.1. The van der Waals surface area contributed by atoms with Gasteiger partial charge in [0.15, 0.2) is 0 Å². The number of piperazine rings is 3. The van der Waals surface area contributed by atoms with Gasteiger partial charge in [0, 0.05) is 25.0 Å². The number of quaternary nitrogens is 1. The first kappa shape index (κ1) is 14.6. The van der Waals surface area contributed by atoms with Crippen LogP contribution in [0, 0.1) is 0 Å². The molecular formula is C16H19ClN2O2. The summed E-state index contributed by atoms with van der Waals surface area (Å²) in [4.78, 5) is 14.7. The number of fused-ring (bicyclic) bond motifs is 4. The Morgan fingerprint density at radius 1 is 1.10 bits per heavy atom. The molecule has 5 heteroatoms. The Morgan fingerprint density at radius 2 is 1.76 bits per heavy atom. The number of nitrogens with zero attached hydrogens (tertiary/aromatic N) is 2. The second-order valence-electron chi connectivity index (χ2n) is 6.11. The lowest BCUT2D eigenvalue weighted by Gasteiger charge is -2.50. The Hall–Kier alpha value is -1.36. The van der Waals surface area contributed by atoms with E-state index in [1.54, 1.807) is 0 Å². The highest BCUT2D eigenvalue weighted by Gasteiger charge is 2.38. The Labute approximate surface area is 130 Å². The van der Waals surface area contributed by atoms with Crippen molar-refractivity contribution in [3.63, 3.8) is 0 Å². The third-order valence-electron chi connectivity index (χ3n) is 4.89. The van der Waals surface area contributed by atoms with E-state index in [4.69, 9.17) is 4.42 Å². The summed E-state index contributed by atoms with van der Waals surface area (Å²) in [5.74, 6) is 0. The van der Waals surface area contributed by atoms with Crippen LogP contribution in [0.15, 0.2) is 39.5 Å². The SMILES string of the molecule is O=c1oc2ccccc2cc1C[N+]12CCN(CC1)CC2.[Cl-]. The van der Waals surface area contributed by atoms with Crippen molar-refractivity contribution >= 4 is 11.0 Å². The van der Waals surface area contributed by atoms with E-state index in [1.165, 1.54) is 19.6 Å². The van der Waals surface area contributed by atoms with Crippen molar-refractivity contribution in [3.05, 3.63) is 46.3 Å². The molecule has 2 bridgehead atoms. The number of rotatable bonds is 2. The molecule has 21 heavy (non-hydrogen) atoms. The summed E-state index contributed by atoms with van der Waals surface area (Å²) < 4.78 is 6.52. The largest absolute Gasteiger partial charge is 1.00 e. The quantitative estimate of drug-likeness (QED) is 0.497. The molecule has 3 saturated heterocycles. The average molecular weight is 307 g/mol. The predicted octanol–water partition coefficient (Wildman–Crippen LogP) is -1.56. The van der Waals surface area contributed by atoms with Crippen LogP contribution in [0.5, 0.6) is 0 Å². The lowest BCUT2D eigenvalue weighted by molar-refractivity contribution is -0.953. The molecule has 5 rings (SSSR count). The van der Waals surface area contributed by atoms with Gasteiger partial charge < -0.3 is 21.3 Å². The second-order valence-corrected chi connectivity index (χ2v) is 6.11. The number of halogens is 1. The highest BCUT2D eigenvalue weighted by Crippen LogP contribution is 2.23. The third-order valence-corrected chi connectivity index (χ3v) is 4.89. The summed E-state index contributed by atoms with van der Waals surface area (Å²) in [6.07, 6.45) is 0. The third kappa shape index (κ3) is 2.59. The summed E-state index contributed by atoms with van der Waals surface area (Å²) in [5, 5.41) is 1.02. The Kier molecular flexibility index (Phi) is 3.78. The minimum absolute atomic E-state index is 0. The first-order valence-corrected chi connectivity index (χ1v) is 7.33. The molecule has 1 aromatic carbocycles. The summed E-state index contributed by atoms with van der Waals surface area (Å²) in [6, 6.07) is 9.77. The zero-order chi connectivity index (χ0) is 13.6. The van der Waals surface area contributed by atoms with Crippen molar-refractivity contribution in [1.82, 2.24) is 4.90 Å². The van der Waals surface area contributed by atoms with Gasteiger partial charge in [-0.15, -0.1) is 0 Å². The van der Waals surface area contributed by atoms with Gasteiger partial charge in [0.05, 0.1) is 25.2 Å². The Balaban J connectivity index is 0.00000132. The molecule has 1 aromatic heterocycles. The maximum absolute atomic E-state index is 12.2. The van der Waals surface area contributed by atoms with Crippen molar-refractivity contribution < 1.29 is 21.3 Å². The molecule has 3 fully saturated rings. The summed E-state index contributed by atoms with van der Waals surface area (Å²) in [7, 11) is 0. The van der Waals surface area contributed by atoms with E-state index in [1.807, 2.05) is 30.3 Å². The molecule has 0 aliphatic carbocycles. The van der Waals surface area contributed by atoms with Crippen LogP contribution < -0.4 is 18.0 Å². The van der Waals surface area contributed by atoms with Crippen molar-refractivity contribution in [2.45, 2.75) is 6.54 Å². The monoisotopic (exact) mass is 306 g/mol. The summed E-state index contributed by atoms with van der Waals surface area (Å²) in [6.45, 7) is 7.79. The van der Waals surface area contributed by atoms with Crippen LogP contribution in [-0.4, -0.2) is 48.7 Å². The molecule has 4 heterocycles. The van der Waals surface area contributed by atoms with Crippen LogP contribution in [0.2, 0.25) is 0 Å². The van der Waals surface area contributed by atoms with Crippen molar-refractivity contribution in [2.24, 2.45) is 0 Å². The average Bonchev–Trinajstić information content (AvgIpc) is 2.50.